The van der Waals surface area contributed by atoms with Crippen molar-refractivity contribution in [2.45, 2.75) is 19.8 Å². The van der Waals surface area contributed by atoms with Crippen LogP contribution < -0.4 is 0 Å². The smallest absolute Gasteiger partial charge is 0.342 e. The fraction of sp³-hybridized carbons (Fsp3) is 0.500. The van der Waals surface area contributed by atoms with Gasteiger partial charge in [-0.2, -0.15) is 4.89 Å². The van der Waals surface area contributed by atoms with Crippen LogP contribution in [0.15, 0.2) is 12.7 Å². The van der Waals surface area contributed by atoms with Gasteiger partial charge in [0.05, 0.1) is 20.0 Å². The second kappa shape index (κ2) is 10.6. The Hall–Kier alpha value is -1.36. The number of carbonyl (C=O) groups excluding carboxylic acids is 1. The molecule has 0 aromatic rings. The number of aliphatic carboxylic acids is 1. The van der Waals surface area contributed by atoms with Crippen LogP contribution in [0, 0.1) is 0 Å². The number of hydrogen-bond acceptors (Lipinski definition) is 4. The summed E-state index contributed by atoms with van der Waals surface area (Å²) in [4.78, 5) is 28.2. The van der Waals surface area contributed by atoms with Gasteiger partial charge in [0.2, 0.25) is 0 Å². The molecule has 13 heavy (non-hydrogen) atoms. The first-order chi connectivity index (χ1) is 6.08. The van der Waals surface area contributed by atoms with Crippen molar-refractivity contribution in [3.8, 4) is 0 Å². The summed E-state index contributed by atoms with van der Waals surface area (Å²) in [6.45, 7) is 5.25. The van der Waals surface area contributed by atoms with Gasteiger partial charge in [0.1, 0.15) is 0 Å². The fourth-order valence-corrected chi connectivity index (χ4v) is 0.344. The molecule has 0 aromatic heterocycles. The molecule has 5 heteroatoms. The molecule has 0 heterocycles. The second-order valence-electron chi connectivity index (χ2n) is 1.92. The van der Waals surface area contributed by atoms with Crippen LogP contribution in [0.2, 0.25) is 0 Å². The van der Waals surface area contributed by atoms with E-state index in [-0.39, 0.29) is 12.8 Å². The van der Waals surface area contributed by atoms with Crippen LogP contribution in [-0.4, -0.2) is 24.2 Å². The van der Waals surface area contributed by atoms with Crippen LogP contribution in [-0.2, 0) is 19.4 Å². The maximum Gasteiger partial charge on any atom is 0.342 e. The van der Waals surface area contributed by atoms with Crippen LogP contribution in [0.4, 0.5) is 0 Å². The number of allylic oxidation sites excluding steroid dienone is 1. The predicted molar refractivity (Wildman–Crippen MR) is 45.8 cm³/mol. The molecule has 0 rings (SSSR count). The molecule has 0 fully saturated rings. The fourth-order valence-electron chi connectivity index (χ4n) is 0.344. The number of rotatable bonds is 4. The Balaban J connectivity index is 0. The van der Waals surface area contributed by atoms with Crippen molar-refractivity contribution in [1.29, 1.82) is 0 Å². The summed E-state index contributed by atoms with van der Waals surface area (Å²) in [6, 6.07) is 0. The first-order valence-electron chi connectivity index (χ1n) is 3.60. The van der Waals surface area contributed by atoms with E-state index >= 15 is 0 Å². The molecule has 0 unspecified atom stereocenters. The van der Waals surface area contributed by atoms with Gasteiger partial charge >= 0.3 is 11.9 Å². The highest BCUT2D eigenvalue weighted by Gasteiger charge is 2.05. The standard InChI is InChI=1S/C5H8O5.C3H6/c1-9-10-5(8)3-2-4(6)7;1-3-2/h2-3H2,1H3,(H,6,7);3H,1H2,2H3. The molecule has 0 aliphatic heterocycles. The Bertz CT molecular complexity index is 164. The molecule has 0 aliphatic carbocycles. The highest BCUT2D eigenvalue weighted by atomic mass is 17.2. The second-order valence-corrected chi connectivity index (χ2v) is 1.92. The molecule has 0 aliphatic rings. The number of carboxylic acid groups (broad SMARTS) is 1. The quantitative estimate of drug-likeness (QED) is 0.409. The van der Waals surface area contributed by atoms with E-state index < -0.39 is 11.9 Å². The van der Waals surface area contributed by atoms with E-state index in [1.54, 1.807) is 6.08 Å². The molecule has 0 saturated carbocycles. The third-order valence-corrected chi connectivity index (χ3v) is 0.719. The zero-order valence-electron chi connectivity index (χ0n) is 7.78. The molecule has 5 nitrogen and oxygen atoms in total. The average molecular weight is 190 g/mol. The maximum absolute atomic E-state index is 10.3. The van der Waals surface area contributed by atoms with Crippen molar-refractivity contribution in [3.05, 3.63) is 12.7 Å². The highest BCUT2D eigenvalue weighted by Crippen LogP contribution is 1.91. The van der Waals surface area contributed by atoms with Crippen molar-refractivity contribution in [2.75, 3.05) is 7.11 Å². The van der Waals surface area contributed by atoms with E-state index in [0.29, 0.717) is 0 Å². The molecule has 1 N–H and O–H groups in total. The van der Waals surface area contributed by atoms with Crippen LogP contribution in [0.3, 0.4) is 0 Å². The van der Waals surface area contributed by atoms with Gasteiger partial charge in [-0.15, -0.1) is 6.58 Å². The van der Waals surface area contributed by atoms with Gasteiger partial charge in [-0.25, -0.2) is 4.79 Å². The van der Waals surface area contributed by atoms with Crippen LogP contribution in [0.1, 0.15) is 19.8 Å². The van der Waals surface area contributed by atoms with Crippen LogP contribution in [0.5, 0.6) is 0 Å². The Morgan fingerprint density at radius 1 is 1.46 bits per heavy atom. The molecular weight excluding hydrogens is 176 g/mol. The van der Waals surface area contributed by atoms with E-state index in [2.05, 4.69) is 16.4 Å². The molecule has 0 bridgehead atoms. The lowest BCUT2D eigenvalue weighted by Gasteiger charge is -1.95. The lowest BCUT2D eigenvalue weighted by Crippen LogP contribution is -2.06. The van der Waals surface area contributed by atoms with Gasteiger partial charge in [0, 0.05) is 0 Å². The Morgan fingerprint density at radius 2 is 1.92 bits per heavy atom. The molecule has 0 aromatic carbocycles. The Morgan fingerprint density at radius 3 is 2.23 bits per heavy atom. The van der Waals surface area contributed by atoms with E-state index in [0.717, 1.165) is 0 Å². The van der Waals surface area contributed by atoms with E-state index in [1.807, 2.05) is 6.92 Å². The van der Waals surface area contributed by atoms with Gasteiger partial charge in [0.25, 0.3) is 0 Å². The van der Waals surface area contributed by atoms with Gasteiger partial charge in [-0.1, -0.05) is 6.08 Å². The third-order valence-electron chi connectivity index (χ3n) is 0.719. The van der Waals surface area contributed by atoms with E-state index in [9.17, 15) is 9.59 Å². The normalized spacial score (nSPS) is 7.85. The van der Waals surface area contributed by atoms with Gasteiger partial charge in [0.15, 0.2) is 0 Å². The summed E-state index contributed by atoms with van der Waals surface area (Å²) in [5, 5.41) is 8.08. The van der Waals surface area contributed by atoms with Crippen molar-refractivity contribution in [1.82, 2.24) is 0 Å². The SMILES string of the molecule is C=CC.COOC(=O)CCC(=O)O. The summed E-state index contributed by atoms with van der Waals surface area (Å²) in [7, 11) is 1.18. The number of carbonyl (C=O) groups is 2. The first kappa shape index (κ1) is 14.2. The predicted octanol–water partition coefficient (Wildman–Crippen LogP) is 1.15. The molecule has 0 atom stereocenters. The van der Waals surface area contributed by atoms with Crippen LogP contribution >= 0.6 is 0 Å². The lowest BCUT2D eigenvalue weighted by atomic mass is 10.3. The minimum Gasteiger partial charge on any atom is -0.481 e. The number of carboxylic acids is 1. The summed E-state index contributed by atoms with van der Waals surface area (Å²) >= 11 is 0. The average Bonchev–Trinajstić information content (AvgIpc) is 2.03. The van der Waals surface area contributed by atoms with Gasteiger partial charge in [-0.3, -0.25) is 9.68 Å². The van der Waals surface area contributed by atoms with Gasteiger partial charge in [-0.05, 0) is 6.92 Å². The zero-order valence-corrected chi connectivity index (χ0v) is 7.78. The Kier molecular flexibility index (Phi) is 11.6. The molecule has 0 amide bonds. The van der Waals surface area contributed by atoms with Crippen molar-refractivity contribution >= 4 is 11.9 Å². The van der Waals surface area contributed by atoms with Crippen molar-refractivity contribution < 1.29 is 24.5 Å². The molecule has 0 radical (unpaired) electrons. The lowest BCUT2D eigenvalue weighted by molar-refractivity contribution is -0.255. The summed E-state index contributed by atoms with van der Waals surface area (Å²) in [5.74, 6) is -1.71. The molecule has 76 valence electrons. The maximum atomic E-state index is 10.3. The Labute approximate surface area is 76.9 Å². The van der Waals surface area contributed by atoms with Crippen LogP contribution in [0.25, 0.3) is 0 Å². The first-order valence-corrected chi connectivity index (χ1v) is 3.60. The summed E-state index contributed by atoms with van der Waals surface area (Å²) < 4.78 is 0. The summed E-state index contributed by atoms with van der Waals surface area (Å²) in [6.07, 6.45) is 1.35. The summed E-state index contributed by atoms with van der Waals surface area (Å²) in [5.41, 5.74) is 0. The van der Waals surface area contributed by atoms with Crippen molar-refractivity contribution in [2.24, 2.45) is 0 Å². The van der Waals surface area contributed by atoms with Gasteiger partial charge < -0.3 is 5.11 Å². The zero-order chi connectivity index (χ0) is 10.7. The minimum absolute atomic E-state index is 0.164. The van der Waals surface area contributed by atoms with E-state index in [1.165, 1.54) is 7.11 Å². The largest absolute Gasteiger partial charge is 0.481 e. The molecular formula is C8H14O5. The molecule has 0 spiro atoms. The van der Waals surface area contributed by atoms with Crippen molar-refractivity contribution in [3.63, 3.8) is 0 Å². The third kappa shape index (κ3) is 18.0. The minimum atomic E-state index is -1.03. The topological polar surface area (TPSA) is 72.8 Å². The monoisotopic (exact) mass is 190 g/mol. The highest BCUT2D eigenvalue weighted by molar-refractivity contribution is 5.76. The van der Waals surface area contributed by atoms with E-state index in [4.69, 9.17) is 5.11 Å². The number of hydrogen-bond donors (Lipinski definition) is 1. The molecule has 0 saturated heterocycles.